The Morgan fingerprint density at radius 1 is 0.810 bits per heavy atom. The Hall–Kier alpha value is -1.90. The second-order valence-corrected chi connectivity index (χ2v) is 5.84. The van der Waals surface area contributed by atoms with Crippen LogP contribution in [0.5, 0.6) is 0 Å². The molecule has 0 fully saturated rings. The summed E-state index contributed by atoms with van der Waals surface area (Å²) in [6.45, 7) is 0.922. The number of rotatable bonds is 2. The summed E-state index contributed by atoms with van der Waals surface area (Å²) in [5.41, 5.74) is 4.90. The molecule has 1 nitrogen and oxygen atoms in total. The molecule has 104 valence electrons. The van der Waals surface area contributed by atoms with Crippen LogP contribution in [0.3, 0.4) is 0 Å². The molecule has 0 aliphatic rings. The number of hydrogen-bond acceptors (Lipinski definition) is 1. The molecule has 1 heterocycles. The lowest BCUT2D eigenvalue weighted by Gasteiger charge is -2.03. The van der Waals surface area contributed by atoms with Gasteiger partial charge in [0.15, 0.2) is 6.54 Å². The summed E-state index contributed by atoms with van der Waals surface area (Å²) in [4.78, 5) is 0. The van der Waals surface area contributed by atoms with Crippen molar-refractivity contribution >= 4 is 32.3 Å². The van der Waals surface area contributed by atoms with Gasteiger partial charge in [0.1, 0.15) is 4.70 Å². The van der Waals surface area contributed by atoms with Gasteiger partial charge in [-0.05, 0) is 16.8 Å². The molecular formula is C18H14ClNS. The number of nitrogens with zero attached hydrogens (tertiary/aromatic N) is 1. The predicted molar refractivity (Wildman–Crippen MR) is 85.1 cm³/mol. The van der Waals surface area contributed by atoms with Crippen LogP contribution in [0, 0.1) is 0 Å². The van der Waals surface area contributed by atoms with Crippen LogP contribution in [0.4, 0.5) is 0 Å². The van der Waals surface area contributed by atoms with Crippen LogP contribution in [0.2, 0.25) is 0 Å². The van der Waals surface area contributed by atoms with Crippen molar-refractivity contribution in [1.29, 1.82) is 0 Å². The molecule has 4 aromatic rings. The van der Waals surface area contributed by atoms with Gasteiger partial charge in [-0.2, -0.15) is 4.57 Å². The highest BCUT2D eigenvalue weighted by molar-refractivity contribution is 7.16. The average molecular weight is 312 g/mol. The Kier molecular flexibility index (Phi) is 3.91. The molecule has 0 unspecified atom stereocenters. The molecule has 0 aliphatic carbocycles. The first-order valence-electron chi connectivity index (χ1n) is 6.74. The largest absolute Gasteiger partial charge is 1.00 e. The molecule has 0 radical (unpaired) electrons. The summed E-state index contributed by atoms with van der Waals surface area (Å²) >= 11 is 1.80. The average Bonchev–Trinajstić information content (AvgIpc) is 2.91. The monoisotopic (exact) mass is 311 g/mol. The number of benzene rings is 3. The first-order valence-corrected chi connectivity index (χ1v) is 7.62. The van der Waals surface area contributed by atoms with Crippen molar-refractivity contribution in [3.63, 3.8) is 0 Å². The van der Waals surface area contributed by atoms with Gasteiger partial charge >= 0.3 is 0 Å². The molecular weight excluding hydrogens is 298 g/mol. The third-order valence-corrected chi connectivity index (χ3v) is 4.66. The fourth-order valence-electron chi connectivity index (χ4n) is 2.71. The second-order valence-electron chi connectivity index (χ2n) is 4.96. The number of hydrogen-bond donors (Lipinski definition) is 0. The van der Waals surface area contributed by atoms with Gasteiger partial charge in [0.2, 0.25) is 11.0 Å². The first kappa shape index (κ1) is 14.1. The van der Waals surface area contributed by atoms with Gasteiger partial charge in [0.25, 0.3) is 0 Å². The molecule has 3 heteroatoms. The lowest BCUT2D eigenvalue weighted by atomic mass is 10.0. The first-order chi connectivity index (χ1) is 9.92. The van der Waals surface area contributed by atoms with Gasteiger partial charge < -0.3 is 12.4 Å². The Morgan fingerprint density at radius 3 is 2.52 bits per heavy atom. The normalized spacial score (nSPS) is 10.7. The summed E-state index contributed by atoms with van der Waals surface area (Å²) in [6, 6.07) is 23.7. The minimum Gasteiger partial charge on any atom is -1.00 e. The fourth-order valence-corrected chi connectivity index (χ4v) is 3.60. The third kappa shape index (κ3) is 2.53. The topological polar surface area (TPSA) is 3.88 Å². The molecule has 0 saturated carbocycles. The number of halogens is 1. The van der Waals surface area contributed by atoms with Gasteiger partial charge in [-0.25, -0.2) is 0 Å². The summed E-state index contributed by atoms with van der Waals surface area (Å²) < 4.78 is 3.68. The lowest BCUT2D eigenvalue weighted by Crippen LogP contribution is -3.00. The van der Waals surface area contributed by atoms with E-state index in [0.717, 1.165) is 6.54 Å². The van der Waals surface area contributed by atoms with Crippen molar-refractivity contribution in [2.45, 2.75) is 6.54 Å². The van der Waals surface area contributed by atoms with Crippen molar-refractivity contribution in [1.82, 2.24) is 0 Å². The zero-order chi connectivity index (χ0) is 13.4. The number of aromatic nitrogens is 1. The van der Waals surface area contributed by atoms with Crippen LogP contribution in [0.25, 0.3) is 21.0 Å². The van der Waals surface area contributed by atoms with Crippen molar-refractivity contribution in [2.24, 2.45) is 0 Å². The highest BCUT2D eigenvalue weighted by Gasteiger charge is 2.12. The molecule has 0 N–H and O–H groups in total. The maximum Gasteiger partial charge on any atom is 0.226 e. The highest BCUT2D eigenvalue weighted by Crippen LogP contribution is 2.20. The number of para-hydroxylation sites is 1. The van der Waals surface area contributed by atoms with E-state index in [9.17, 15) is 0 Å². The number of fused-ring (bicyclic) bond motifs is 2. The van der Waals surface area contributed by atoms with E-state index in [1.807, 2.05) is 0 Å². The van der Waals surface area contributed by atoms with Gasteiger partial charge in [-0.3, -0.25) is 0 Å². The Labute approximate surface area is 133 Å². The van der Waals surface area contributed by atoms with E-state index in [0.29, 0.717) is 0 Å². The molecule has 0 amide bonds. The standard InChI is InChI=1S/C18H14NS.ClH/c1-2-9-16-14(6-1)7-5-8-15(16)12-19-13-20-18-11-4-3-10-17(18)19;/h1-11,13H,12H2;1H/q+1;/p-1. The van der Waals surface area contributed by atoms with E-state index in [1.165, 1.54) is 26.6 Å². The van der Waals surface area contributed by atoms with E-state index in [-0.39, 0.29) is 12.4 Å². The fraction of sp³-hybridized carbons (Fsp3) is 0.0556. The minimum atomic E-state index is 0. The molecule has 1 aromatic heterocycles. The van der Waals surface area contributed by atoms with Crippen LogP contribution < -0.4 is 17.0 Å². The Morgan fingerprint density at radius 2 is 1.57 bits per heavy atom. The van der Waals surface area contributed by atoms with Gasteiger partial charge in [-0.1, -0.05) is 65.9 Å². The quantitative estimate of drug-likeness (QED) is 0.493. The molecule has 21 heavy (non-hydrogen) atoms. The van der Waals surface area contributed by atoms with Gasteiger partial charge in [0, 0.05) is 11.6 Å². The lowest BCUT2D eigenvalue weighted by molar-refractivity contribution is -0.657. The zero-order valence-electron chi connectivity index (χ0n) is 11.4. The van der Waals surface area contributed by atoms with E-state index in [2.05, 4.69) is 76.8 Å². The van der Waals surface area contributed by atoms with Crippen LogP contribution in [0.15, 0.2) is 72.2 Å². The number of thiazole rings is 1. The van der Waals surface area contributed by atoms with Crippen molar-refractivity contribution in [3.05, 3.63) is 77.8 Å². The second kappa shape index (κ2) is 5.84. The van der Waals surface area contributed by atoms with E-state index in [4.69, 9.17) is 0 Å². The molecule has 3 aromatic carbocycles. The molecule has 0 bridgehead atoms. The smallest absolute Gasteiger partial charge is 0.226 e. The van der Waals surface area contributed by atoms with E-state index >= 15 is 0 Å². The Balaban J connectivity index is 0.00000132. The van der Waals surface area contributed by atoms with Crippen molar-refractivity contribution in [2.75, 3.05) is 0 Å². The zero-order valence-corrected chi connectivity index (χ0v) is 12.9. The molecule has 0 spiro atoms. The van der Waals surface area contributed by atoms with E-state index < -0.39 is 0 Å². The van der Waals surface area contributed by atoms with Gasteiger partial charge in [0.05, 0.1) is 0 Å². The summed E-state index contributed by atoms with van der Waals surface area (Å²) in [5.74, 6) is 0. The van der Waals surface area contributed by atoms with Crippen LogP contribution in [-0.4, -0.2) is 0 Å². The molecule has 0 atom stereocenters. The SMILES string of the molecule is [Cl-].c1ccc2c(C[n+]3csc4ccccc43)cccc2c1. The molecule has 0 saturated heterocycles. The summed E-state index contributed by atoms with van der Waals surface area (Å²) in [6.07, 6.45) is 0. The van der Waals surface area contributed by atoms with Crippen LogP contribution in [0.1, 0.15) is 5.56 Å². The summed E-state index contributed by atoms with van der Waals surface area (Å²) in [7, 11) is 0. The minimum absolute atomic E-state index is 0. The van der Waals surface area contributed by atoms with Crippen molar-refractivity contribution < 1.29 is 17.0 Å². The molecule has 0 aliphatic heterocycles. The maximum absolute atomic E-state index is 2.34. The van der Waals surface area contributed by atoms with Crippen LogP contribution in [-0.2, 0) is 6.54 Å². The van der Waals surface area contributed by atoms with Crippen molar-refractivity contribution in [3.8, 4) is 0 Å². The highest BCUT2D eigenvalue weighted by atomic mass is 35.5. The molecule has 4 rings (SSSR count). The Bertz CT molecular complexity index is 892. The summed E-state index contributed by atoms with van der Waals surface area (Å²) in [5, 5.41) is 2.66. The van der Waals surface area contributed by atoms with Gasteiger partial charge in [-0.15, -0.1) is 0 Å². The predicted octanol–water partition coefficient (Wildman–Crippen LogP) is 1.39. The third-order valence-electron chi connectivity index (χ3n) is 3.70. The van der Waals surface area contributed by atoms with Crippen LogP contribution >= 0.6 is 11.3 Å². The maximum atomic E-state index is 2.34. The van der Waals surface area contributed by atoms with E-state index in [1.54, 1.807) is 11.3 Å².